The number of pyridine rings is 1. The number of hydrogen-bond donors (Lipinski definition) is 1. The van der Waals surface area contributed by atoms with Gasteiger partial charge in [-0.1, -0.05) is 6.92 Å². The molecule has 0 saturated carbocycles. The third kappa shape index (κ3) is 5.19. The standard InChI is InChI=1S/C16H27N3O/c1-3-17-12-15-4-5-16(20-15)13-19(2)11-8-14-6-9-18-10-7-14/h6-7,9-10,15-17H,3-5,8,11-13H2,1-2H3. The minimum Gasteiger partial charge on any atom is -0.372 e. The maximum Gasteiger partial charge on any atom is 0.0707 e. The maximum atomic E-state index is 6.07. The predicted molar refractivity (Wildman–Crippen MR) is 81.9 cm³/mol. The molecule has 0 aliphatic carbocycles. The van der Waals surface area contributed by atoms with Crippen molar-refractivity contribution in [2.45, 2.75) is 38.4 Å². The lowest BCUT2D eigenvalue weighted by molar-refractivity contribution is 0.0283. The Morgan fingerprint density at radius 2 is 2.05 bits per heavy atom. The van der Waals surface area contributed by atoms with E-state index in [0.717, 1.165) is 32.6 Å². The SMILES string of the molecule is CCNCC1CCC(CN(C)CCc2ccncc2)O1. The molecule has 2 heterocycles. The Kier molecular flexibility index (Phi) is 6.43. The van der Waals surface area contributed by atoms with Crippen LogP contribution in [0.4, 0.5) is 0 Å². The van der Waals surface area contributed by atoms with Gasteiger partial charge in [-0.25, -0.2) is 0 Å². The molecule has 112 valence electrons. The van der Waals surface area contributed by atoms with Crippen LogP contribution in [0.1, 0.15) is 25.3 Å². The molecule has 2 atom stereocenters. The molecule has 0 aromatic carbocycles. The summed E-state index contributed by atoms with van der Waals surface area (Å²) < 4.78 is 6.07. The normalized spacial score (nSPS) is 22.6. The van der Waals surface area contributed by atoms with Crippen molar-refractivity contribution in [3.05, 3.63) is 30.1 Å². The van der Waals surface area contributed by atoms with Gasteiger partial charge in [0.25, 0.3) is 0 Å². The predicted octanol–water partition coefficient (Wildman–Crippen LogP) is 1.71. The minimum atomic E-state index is 0.404. The summed E-state index contributed by atoms with van der Waals surface area (Å²) in [5, 5.41) is 3.37. The molecule has 2 rings (SSSR count). The van der Waals surface area contributed by atoms with Gasteiger partial charge in [0, 0.05) is 32.0 Å². The van der Waals surface area contributed by atoms with E-state index in [9.17, 15) is 0 Å². The van der Waals surface area contributed by atoms with Gasteiger partial charge in [0.15, 0.2) is 0 Å². The van der Waals surface area contributed by atoms with Crippen molar-refractivity contribution >= 4 is 0 Å². The van der Waals surface area contributed by atoms with Crippen LogP contribution in [0.25, 0.3) is 0 Å². The van der Waals surface area contributed by atoms with E-state index in [0.29, 0.717) is 12.2 Å². The fourth-order valence-electron chi connectivity index (χ4n) is 2.68. The molecular weight excluding hydrogens is 250 g/mol. The quantitative estimate of drug-likeness (QED) is 0.785. The van der Waals surface area contributed by atoms with Crippen molar-refractivity contribution in [3.63, 3.8) is 0 Å². The van der Waals surface area contributed by atoms with Gasteiger partial charge in [-0.05, 0) is 50.6 Å². The van der Waals surface area contributed by atoms with Gasteiger partial charge >= 0.3 is 0 Å². The zero-order chi connectivity index (χ0) is 14.2. The summed E-state index contributed by atoms with van der Waals surface area (Å²) in [6, 6.07) is 4.18. The monoisotopic (exact) mass is 277 g/mol. The van der Waals surface area contributed by atoms with Crippen LogP contribution in [0.15, 0.2) is 24.5 Å². The summed E-state index contributed by atoms with van der Waals surface area (Å²) in [6.07, 6.45) is 7.99. The van der Waals surface area contributed by atoms with E-state index in [4.69, 9.17) is 4.74 Å². The Bertz CT molecular complexity index is 371. The molecule has 1 aromatic rings. The first-order chi connectivity index (χ1) is 9.78. The van der Waals surface area contributed by atoms with Gasteiger partial charge in [-0.15, -0.1) is 0 Å². The second kappa shape index (κ2) is 8.35. The molecule has 1 saturated heterocycles. The van der Waals surface area contributed by atoms with Crippen LogP contribution >= 0.6 is 0 Å². The van der Waals surface area contributed by atoms with Crippen molar-refractivity contribution in [2.24, 2.45) is 0 Å². The largest absolute Gasteiger partial charge is 0.372 e. The number of hydrogen-bond acceptors (Lipinski definition) is 4. The number of nitrogens with zero attached hydrogens (tertiary/aromatic N) is 2. The Labute approximate surface area is 122 Å². The first-order valence-corrected chi connectivity index (χ1v) is 7.71. The molecule has 0 radical (unpaired) electrons. The summed E-state index contributed by atoms with van der Waals surface area (Å²) in [7, 11) is 2.18. The molecule has 0 amide bonds. The fraction of sp³-hybridized carbons (Fsp3) is 0.688. The first-order valence-electron chi connectivity index (χ1n) is 7.71. The molecule has 4 nitrogen and oxygen atoms in total. The molecule has 1 aromatic heterocycles. The van der Waals surface area contributed by atoms with E-state index in [1.807, 2.05) is 12.4 Å². The molecule has 4 heteroatoms. The lowest BCUT2D eigenvalue weighted by Crippen LogP contribution is -2.32. The Morgan fingerprint density at radius 3 is 2.80 bits per heavy atom. The molecule has 0 bridgehead atoms. The third-order valence-electron chi connectivity index (χ3n) is 3.86. The van der Waals surface area contributed by atoms with Gasteiger partial charge in [-0.3, -0.25) is 4.98 Å². The zero-order valence-corrected chi connectivity index (χ0v) is 12.7. The number of ether oxygens (including phenoxy) is 1. The highest BCUT2D eigenvalue weighted by Crippen LogP contribution is 2.19. The van der Waals surface area contributed by atoms with E-state index in [2.05, 4.69) is 41.3 Å². The number of rotatable bonds is 8. The van der Waals surface area contributed by atoms with Crippen LogP contribution in [-0.2, 0) is 11.2 Å². The second-order valence-corrected chi connectivity index (χ2v) is 5.63. The van der Waals surface area contributed by atoms with Crippen molar-refractivity contribution < 1.29 is 4.74 Å². The van der Waals surface area contributed by atoms with Gasteiger partial charge in [0.1, 0.15) is 0 Å². The minimum absolute atomic E-state index is 0.404. The fourth-order valence-corrected chi connectivity index (χ4v) is 2.68. The van der Waals surface area contributed by atoms with Crippen molar-refractivity contribution in [1.82, 2.24) is 15.2 Å². The van der Waals surface area contributed by atoms with Crippen LogP contribution in [-0.4, -0.2) is 55.3 Å². The van der Waals surface area contributed by atoms with E-state index in [-0.39, 0.29) is 0 Å². The van der Waals surface area contributed by atoms with Crippen LogP contribution < -0.4 is 5.32 Å². The Balaban J connectivity index is 1.64. The third-order valence-corrected chi connectivity index (χ3v) is 3.86. The summed E-state index contributed by atoms with van der Waals surface area (Å²) in [5.74, 6) is 0. The maximum absolute atomic E-state index is 6.07. The summed E-state index contributed by atoms with van der Waals surface area (Å²) >= 11 is 0. The van der Waals surface area contributed by atoms with Gasteiger partial charge in [0.05, 0.1) is 12.2 Å². The highest BCUT2D eigenvalue weighted by molar-refractivity contribution is 5.09. The topological polar surface area (TPSA) is 37.4 Å². The van der Waals surface area contributed by atoms with Crippen LogP contribution in [0.5, 0.6) is 0 Å². The molecule has 1 fully saturated rings. The highest BCUT2D eigenvalue weighted by Gasteiger charge is 2.25. The molecule has 1 aliphatic rings. The van der Waals surface area contributed by atoms with Gasteiger partial charge < -0.3 is 15.0 Å². The highest BCUT2D eigenvalue weighted by atomic mass is 16.5. The molecule has 20 heavy (non-hydrogen) atoms. The molecule has 1 N–H and O–H groups in total. The summed E-state index contributed by atoms with van der Waals surface area (Å²) in [6.45, 7) is 6.26. The molecular formula is C16H27N3O. The zero-order valence-electron chi connectivity index (χ0n) is 12.7. The molecule has 1 aliphatic heterocycles. The number of aromatic nitrogens is 1. The van der Waals surface area contributed by atoms with Crippen molar-refractivity contribution in [3.8, 4) is 0 Å². The van der Waals surface area contributed by atoms with Crippen LogP contribution in [0.2, 0.25) is 0 Å². The van der Waals surface area contributed by atoms with Crippen molar-refractivity contribution in [1.29, 1.82) is 0 Å². The molecule has 0 spiro atoms. The summed E-state index contributed by atoms with van der Waals surface area (Å²) in [5.41, 5.74) is 1.35. The van der Waals surface area contributed by atoms with Gasteiger partial charge in [-0.2, -0.15) is 0 Å². The average molecular weight is 277 g/mol. The smallest absolute Gasteiger partial charge is 0.0707 e. The molecule has 2 unspecified atom stereocenters. The average Bonchev–Trinajstić information content (AvgIpc) is 2.91. The Morgan fingerprint density at radius 1 is 1.30 bits per heavy atom. The Hall–Kier alpha value is -0.970. The van der Waals surface area contributed by atoms with Crippen LogP contribution in [0.3, 0.4) is 0 Å². The van der Waals surface area contributed by atoms with Gasteiger partial charge in [0.2, 0.25) is 0 Å². The second-order valence-electron chi connectivity index (χ2n) is 5.63. The van der Waals surface area contributed by atoms with Crippen molar-refractivity contribution in [2.75, 3.05) is 33.2 Å². The summed E-state index contributed by atoms with van der Waals surface area (Å²) in [4.78, 5) is 6.42. The first kappa shape index (κ1) is 15.4. The van der Waals surface area contributed by atoms with E-state index in [1.54, 1.807) is 0 Å². The number of likely N-dealkylation sites (N-methyl/N-ethyl adjacent to an activating group) is 2. The lowest BCUT2D eigenvalue weighted by atomic mass is 10.1. The van der Waals surface area contributed by atoms with E-state index in [1.165, 1.54) is 18.4 Å². The lowest BCUT2D eigenvalue weighted by Gasteiger charge is -2.21. The van der Waals surface area contributed by atoms with E-state index < -0.39 is 0 Å². The van der Waals surface area contributed by atoms with Crippen LogP contribution in [0, 0.1) is 0 Å². The number of nitrogens with one attached hydrogen (secondary N) is 1. The van der Waals surface area contributed by atoms with E-state index >= 15 is 0 Å².